The van der Waals surface area contributed by atoms with E-state index < -0.39 is 0 Å². The first-order valence-corrected chi connectivity index (χ1v) is 7.88. The van der Waals surface area contributed by atoms with E-state index in [0.29, 0.717) is 25.6 Å². The number of rotatable bonds is 6. The van der Waals surface area contributed by atoms with Crippen LogP contribution in [-0.2, 0) is 19.5 Å². The van der Waals surface area contributed by atoms with Gasteiger partial charge < -0.3 is 10.6 Å². The molecule has 0 aromatic carbocycles. The summed E-state index contributed by atoms with van der Waals surface area (Å²) in [4.78, 5) is 16.6. The van der Waals surface area contributed by atoms with E-state index in [2.05, 4.69) is 26.6 Å². The van der Waals surface area contributed by atoms with Gasteiger partial charge in [-0.25, -0.2) is 9.48 Å². The number of guanidine groups is 1. The molecular weight excluding hydrogens is 280 g/mol. The van der Waals surface area contributed by atoms with Crippen LogP contribution >= 0.6 is 0 Å². The Morgan fingerprint density at radius 2 is 2.32 bits per heavy atom. The predicted molar refractivity (Wildman–Crippen MR) is 86.9 cm³/mol. The highest BCUT2D eigenvalue weighted by Crippen LogP contribution is 2.09. The highest BCUT2D eigenvalue weighted by atomic mass is 16.2. The van der Waals surface area contributed by atoms with Crippen LogP contribution in [0.4, 0.5) is 0 Å². The van der Waals surface area contributed by atoms with Crippen LogP contribution in [0.1, 0.15) is 32.0 Å². The van der Waals surface area contributed by atoms with Gasteiger partial charge in [0.1, 0.15) is 5.82 Å². The molecule has 2 heterocycles. The van der Waals surface area contributed by atoms with Crippen molar-refractivity contribution in [3.05, 3.63) is 16.3 Å². The number of hydrogen-bond acceptors (Lipinski definition) is 3. The topological polar surface area (TPSA) is 76.2 Å². The number of nitrogens with zero attached hydrogens (tertiary/aromatic N) is 4. The summed E-state index contributed by atoms with van der Waals surface area (Å²) in [7, 11) is 0. The molecule has 0 radical (unpaired) electrons. The number of aryl methyl sites for hydroxylation is 2. The number of nitrogens with one attached hydrogen (secondary N) is 2. The quantitative estimate of drug-likeness (QED) is 0.335. The van der Waals surface area contributed by atoms with Gasteiger partial charge in [0.25, 0.3) is 0 Å². The molecule has 0 saturated carbocycles. The van der Waals surface area contributed by atoms with Gasteiger partial charge in [-0.05, 0) is 26.2 Å². The van der Waals surface area contributed by atoms with Crippen LogP contribution in [0.15, 0.2) is 9.79 Å². The van der Waals surface area contributed by atoms with Gasteiger partial charge in [-0.15, -0.1) is 6.42 Å². The maximum Gasteiger partial charge on any atom is 0.345 e. The molecule has 0 atom stereocenters. The molecule has 120 valence electrons. The lowest BCUT2D eigenvalue weighted by atomic mass is 10.2. The molecule has 7 nitrogen and oxygen atoms in total. The molecule has 7 heteroatoms. The molecule has 0 fully saturated rings. The second kappa shape index (κ2) is 8.27. The average Bonchev–Trinajstić information content (AvgIpc) is 2.86. The molecule has 0 spiro atoms. The molecule has 2 rings (SSSR count). The predicted octanol–water partition coefficient (Wildman–Crippen LogP) is -0.0405. The number of hydrogen-bond donors (Lipinski definition) is 2. The molecule has 1 aliphatic heterocycles. The van der Waals surface area contributed by atoms with Gasteiger partial charge in [0.15, 0.2) is 5.96 Å². The van der Waals surface area contributed by atoms with Crippen LogP contribution < -0.4 is 16.3 Å². The largest absolute Gasteiger partial charge is 0.357 e. The second-order valence-corrected chi connectivity index (χ2v) is 5.20. The summed E-state index contributed by atoms with van der Waals surface area (Å²) in [5.74, 6) is 4.14. The minimum absolute atomic E-state index is 0.0102. The van der Waals surface area contributed by atoms with Gasteiger partial charge >= 0.3 is 5.69 Å². The highest BCUT2D eigenvalue weighted by molar-refractivity contribution is 5.79. The third-order valence-corrected chi connectivity index (χ3v) is 3.53. The van der Waals surface area contributed by atoms with Crippen molar-refractivity contribution in [2.45, 2.75) is 45.7 Å². The van der Waals surface area contributed by atoms with Gasteiger partial charge in [-0.1, -0.05) is 5.92 Å². The number of fused-ring (bicyclic) bond motifs is 1. The van der Waals surface area contributed by atoms with E-state index in [1.165, 1.54) is 0 Å². The van der Waals surface area contributed by atoms with E-state index in [1.807, 2.05) is 6.92 Å². The Morgan fingerprint density at radius 3 is 3.05 bits per heavy atom. The maximum atomic E-state index is 12.2. The summed E-state index contributed by atoms with van der Waals surface area (Å²) in [5.41, 5.74) is 0.0102. The monoisotopic (exact) mass is 304 g/mol. The lowest BCUT2D eigenvalue weighted by molar-refractivity contribution is 0.509. The molecule has 1 aromatic rings. The maximum absolute atomic E-state index is 12.2. The first-order chi connectivity index (χ1) is 10.8. The van der Waals surface area contributed by atoms with Gasteiger partial charge in [0, 0.05) is 32.6 Å². The molecule has 0 saturated heterocycles. The van der Waals surface area contributed by atoms with Crippen LogP contribution in [0.5, 0.6) is 0 Å². The zero-order valence-corrected chi connectivity index (χ0v) is 13.1. The van der Waals surface area contributed by atoms with Crippen molar-refractivity contribution >= 4 is 5.96 Å². The van der Waals surface area contributed by atoms with E-state index in [9.17, 15) is 4.79 Å². The summed E-state index contributed by atoms with van der Waals surface area (Å²) in [6, 6.07) is 0. The molecule has 1 aromatic heterocycles. The third kappa shape index (κ3) is 4.13. The van der Waals surface area contributed by atoms with Crippen LogP contribution in [0, 0.1) is 12.3 Å². The molecule has 0 aliphatic carbocycles. The van der Waals surface area contributed by atoms with E-state index >= 15 is 0 Å². The fourth-order valence-electron chi connectivity index (χ4n) is 2.48. The summed E-state index contributed by atoms with van der Waals surface area (Å²) in [6.07, 6.45) is 9.08. The normalized spacial score (nSPS) is 14.3. The van der Waals surface area contributed by atoms with E-state index in [1.54, 1.807) is 9.25 Å². The van der Waals surface area contributed by atoms with Crippen molar-refractivity contribution in [1.29, 1.82) is 0 Å². The minimum Gasteiger partial charge on any atom is -0.357 e. The molecule has 0 bridgehead atoms. The summed E-state index contributed by atoms with van der Waals surface area (Å²) in [5, 5.41) is 10.6. The Labute approximate surface area is 130 Å². The van der Waals surface area contributed by atoms with Crippen LogP contribution in [0.2, 0.25) is 0 Å². The summed E-state index contributed by atoms with van der Waals surface area (Å²) >= 11 is 0. The van der Waals surface area contributed by atoms with E-state index in [-0.39, 0.29) is 5.69 Å². The van der Waals surface area contributed by atoms with E-state index in [4.69, 9.17) is 6.42 Å². The minimum atomic E-state index is 0.0102. The first kappa shape index (κ1) is 16.1. The zero-order valence-electron chi connectivity index (χ0n) is 13.1. The van der Waals surface area contributed by atoms with Gasteiger partial charge in [-0.3, -0.25) is 9.56 Å². The third-order valence-electron chi connectivity index (χ3n) is 3.53. The van der Waals surface area contributed by atoms with Crippen molar-refractivity contribution < 1.29 is 0 Å². The van der Waals surface area contributed by atoms with Crippen LogP contribution in [0.25, 0.3) is 0 Å². The Morgan fingerprint density at radius 1 is 1.45 bits per heavy atom. The van der Waals surface area contributed by atoms with Crippen molar-refractivity contribution in [2.75, 3.05) is 19.6 Å². The van der Waals surface area contributed by atoms with Gasteiger partial charge in [-0.2, -0.15) is 5.10 Å². The number of terminal acetylenes is 1. The summed E-state index contributed by atoms with van der Waals surface area (Å²) < 4.78 is 3.36. The lowest BCUT2D eigenvalue weighted by Crippen LogP contribution is -2.37. The molecule has 1 aliphatic rings. The highest BCUT2D eigenvalue weighted by Gasteiger charge is 2.15. The smallest absolute Gasteiger partial charge is 0.345 e. The fourth-order valence-corrected chi connectivity index (χ4v) is 2.48. The molecule has 22 heavy (non-hydrogen) atoms. The summed E-state index contributed by atoms with van der Waals surface area (Å²) in [6.45, 7) is 5.24. The van der Waals surface area contributed by atoms with Gasteiger partial charge in [0.2, 0.25) is 0 Å². The molecule has 2 N–H and O–H groups in total. The van der Waals surface area contributed by atoms with Crippen molar-refractivity contribution in [3.63, 3.8) is 0 Å². The first-order valence-electron chi connectivity index (χ1n) is 7.88. The second-order valence-electron chi connectivity index (χ2n) is 5.20. The molecule has 0 unspecified atom stereocenters. The Balaban J connectivity index is 1.86. The lowest BCUT2D eigenvalue weighted by Gasteiger charge is -2.09. The number of aromatic nitrogens is 3. The molecule has 0 amide bonds. The SMILES string of the molecule is C#CCNC(=NCCCn1nc2n(c1=O)CCCC2)NCC. The van der Waals surface area contributed by atoms with Crippen molar-refractivity contribution in [2.24, 2.45) is 4.99 Å². The number of aliphatic imine (C=N–C) groups is 1. The standard InChI is InChI=1S/C15H24N6O/c1-3-9-17-14(16-4-2)18-10-7-12-21-15(22)20-11-6-5-8-13(20)19-21/h1H,4-12H2,2H3,(H2,16,17,18). The Hall–Kier alpha value is -2.23. The Kier molecular flexibility index (Phi) is 6.07. The van der Waals surface area contributed by atoms with E-state index in [0.717, 1.165) is 44.6 Å². The Bertz CT molecular complexity index is 607. The van der Waals surface area contributed by atoms with Crippen LogP contribution in [0.3, 0.4) is 0 Å². The molecular formula is C15H24N6O. The van der Waals surface area contributed by atoms with Crippen molar-refractivity contribution in [3.8, 4) is 12.3 Å². The average molecular weight is 304 g/mol. The van der Waals surface area contributed by atoms with Crippen LogP contribution in [-0.4, -0.2) is 39.9 Å². The fraction of sp³-hybridized carbons (Fsp3) is 0.667. The van der Waals surface area contributed by atoms with Gasteiger partial charge in [0.05, 0.1) is 6.54 Å². The van der Waals surface area contributed by atoms with Crippen molar-refractivity contribution in [1.82, 2.24) is 25.0 Å². The zero-order chi connectivity index (χ0) is 15.8.